The van der Waals surface area contributed by atoms with Crippen LogP contribution in [-0.4, -0.2) is 22.7 Å². The third kappa shape index (κ3) is 3.48. The monoisotopic (exact) mass is 282 g/mol. The highest BCUT2D eigenvalue weighted by Gasteiger charge is 2.26. The van der Waals surface area contributed by atoms with Crippen molar-refractivity contribution in [2.24, 2.45) is 5.92 Å². The molecular formula is C15H26N2OS. The van der Waals surface area contributed by atoms with Crippen molar-refractivity contribution in [3.8, 4) is 0 Å². The predicted molar refractivity (Wildman–Crippen MR) is 81.9 cm³/mol. The number of aliphatic hydroxyl groups is 1. The molecule has 1 aromatic rings. The van der Waals surface area contributed by atoms with Crippen molar-refractivity contribution in [3.05, 3.63) is 10.6 Å². The first-order chi connectivity index (χ1) is 8.99. The maximum Gasteiger partial charge on any atom is 0.186 e. The number of nitrogens with zero attached hydrogens (tertiary/aromatic N) is 2. The first-order valence-electron chi connectivity index (χ1n) is 7.41. The Kier molecular flexibility index (Phi) is 4.85. The highest BCUT2D eigenvalue weighted by Crippen LogP contribution is 2.35. The second-order valence-electron chi connectivity index (χ2n) is 6.11. The summed E-state index contributed by atoms with van der Waals surface area (Å²) >= 11 is 1.67. The summed E-state index contributed by atoms with van der Waals surface area (Å²) in [6.07, 6.45) is 4.85. The van der Waals surface area contributed by atoms with Crippen LogP contribution in [-0.2, 0) is 0 Å². The van der Waals surface area contributed by atoms with E-state index in [4.69, 9.17) is 4.98 Å². The molecule has 1 atom stereocenters. The summed E-state index contributed by atoms with van der Waals surface area (Å²) in [5, 5.41) is 10.9. The van der Waals surface area contributed by atoms with E-state index in [0.717, 1.165) is 22.2 Å². The Morgan fingerprint density at radius 2 is 1.95 bits per heavy atom. The van der Waals surface area contributed by atoms with Crippen LogP contribution < -0.4 is 4.90 Å². The van der Waals surface area contributed by atoms with E-state index in [1.165, 1.54) is 25.7 Å². The van der Waals surface area contributed by atoms with Crippen LogP contribution in [0.2, 0.25) is 0 Å². The number of aromatic nitrogens is 1. The number of anilines is 1. The van der Waals surface area contributed by atoms with Gasteiger partial charge in [0.15, 0.2) is 5.13 Å². The molecule has 108 valence electrons. The molecule has 2 rings (SSSR count). The predicted octanol–water partition coefficient (Wildman–Crippen LogP) is 3.91. The second-order valence-corrected chi connectivity index (χ2v) is 7.12. The molecule has 1 aromatic heterocycles. The molecule has 1 fully saturated rings. The van der Waals surface area contributed by atoms with Gasteiger partial charge in [0, 0.05) is 12.6 Å². The minimum absolute atomic E-state index is 0.407. The molecular weight excluding hydrogens is 256 g/mol. The van der Waals surface area contributed by atoms with Crippen molar-refractivity contribution in [2.45, 2.75) is 65.5 Å². The Labute approximate surface area is 120 Å². The van der Waals surface area contributed by atoms with Gasteiger partial charge in [-0.3, -0.25) is 0 Å². The van der Waals surface area contributed by atoms with E-state index in [1.54, 1.807) is 11.3 Å². The number of hydrogen-bond donors (Lipinski definition) is 1. The van der Waals surface area contributed by atoms with E-state index in [0.29, 0.717) is 12.0 Å². The van der Waals surface area contributed by atoms with Crippen LogP contribution in [0.15, 0.2) is 0 Å². The molecule has 1 unspecified atom stereocenters. The Hall–Kier alpha value is -0.610. The zero-order chi connectivity index (χ0) is 14.0. The summed E-state index contributed by atoms with van der Waals surface area (Å²) < 4.78 is 0. The lowest BCUT2D eigenvalue weighted by molar-refractivity contribution is 0.202. The minimum atomic E-state index is -0.407. The van der Waals surface area contributed by atoms with Gasteiger partial charge in [0.25, 0.3) is 0 Å². The number of aliphatic hydroxyl groups excluding tert-OH is 1. The van der Waals surface area contributed by atoms with Crippen LogP contribution in [0.4, 0.5) is 5.13 Å². The van der Waals surface area contributed by atoms with Gasteiger partial charge in [-0.05, 0) is 32.6 Å². The molecule has 0 aliphatic heterocycles. The first kappa shape index (κ1) is 14.8. The summed E-state index contributed by atoms with van der Waals surface area (Å²) in [5.41, 5.74) is 0.988. The molecule has 1 N–H and O–H groups in total. The summed E-state index contributed by atoms with van der Waals surface area (Å²) in [5.74, 6) is 0.639. The van der Waals surface area contributed by atoms with Crippen LogP contribution in [0, 0.1) is 12.8 Å². The van der Waals surface area contributed by atoms with Crippen molar-refractivity contribution in [2.75, 3.05) is 11.4 Å². The summed E-state index contributed by atoms with van der Waals surface area (Å²) in [4.78, 5) is 8.22. The SMILES string of the molecule is Cc1nc(N(CC(C)C)C2CCCC2)sc1C(C)O. The van der Waals surface area contributed by atoms with Crippen molar-refractivity contribution in [1.82, 2.24) is 4.98 Å². The van der Waals surface area contributed by atoms with Crippen molar-refractivity contribution < 1.29 is 5.11 Å². The maximum atomic E-state index is 9.80. The first-order valence-corrected chi connectivity index (χ1v) is 8.22. The Morgan fingerprint density at radius 1 is 1.32 bits per heavy atom. The fourth-order valence-electron chi connectivity index (χ4n) is 2.90. The van der Waals surface area contributed by atoms with Gasteiger partial charge in [0.05, 0.1) is 16.7 Å². The van der Waals surface area contributed by atoms with Gasteiger partial charge < -0.3 is 10.0 Å². The zero-order valence-corrected chi connectivity index (χ0v) is 13.3. The summed E-state index contributed by atoms with van der Waals surface area (Å²) in [6, 6.07) is 0.648. The largest absolute Gasteiger partial charge is 0.388 e. The normalized spacial score (nSPS) is 18.2. The van der Waals surface area contributed by atoms with E-state index in [-0.39, 0.29) is 0 Å². The highest BCUT2D eigenvalue weighted by atomic mass is 32.1. The van der Waals surface area contributed by atoms with E-state index >= 15 is 0 Å². The zero-order valence-electron chi connectivity index (χ0n) is 12.5. The van der Waals surface area contributed by atoms with Gasteiger partial charge in [-0.25, -0.2) is 4.98 Å². The van der Waals surface area contributed by atoms with Crippen molar-refractivity contribution >= 4 is 16.5 Å². The molecule has 0 bridgehead atoms. The molecule has 0 radical (unpaired) electrons. The van der Waals surface area contributed by atoms with Gasteiger partial charge >= 0.3 is 0 Å². The number of thiazole rings is 1. The van der Waals surface area contributed by atoms with Gasteiger partial charge in [0.2, 0.25) is 0 Å². The number of aryl methyl sites for hydroxylation is 1. The smallest absolute Gasteiger partial charge is 0.186 e. The fourth-order valence-corrected chi connectivity index (χ4v) is 3.98. The molecule has 0 aromatic carbocycles. The van der Waals surface area contributed by atoms with Gasteiger partial charge in [-0.1, -0.05) is 38.0 Å². The molecule has 3 nitrogen and oxygen atoms in total. The molecule has 1 heterocycles. The minimum Gasteiger partial charge on any atom is -0.388 e. The third-order valence-corrected chi connectivity index (χ3v) is 5.14. The Bertz CT molecular complexity index is 408. The molecule has 19 heavy (non-hydrogen) atoms. The van der Waals surface area contributed by atoms with Crippen molar-refractivity contribution in [1.29, 1.82) is 0 Å². The molecule has 1 aliphatic carbocycles. The number of hydrogen-bond acceptors (Lipinski definition) is 4. The maximum absolute atomic E-state index is 9.80. The second kappa shape index (κ2) is 6.23. The average Bonchev–Trinajstić information content (AvgIpc) is 2.94. The highest BCUT2D eigenvalue weighted by molar-refractivity contribution is 7.15. The van der Waals surface area contributed by atoms with Gasteiger partial charge in [-0.2, -0.15) is 0 Å². The van der Waals surface area contributed by atoms with Gasteiger partial charge in [0.1, 0.15) is 0 Å². The lowest BCUT2D eigenvalue weighted by Crippen LogP contribution is -2.36. The summed E-state index contributed by atoms with van der Waals surface area (Å²) in [6.45, 7) is 9.42. The van der Waals surface area contributed by atoms with Crippen LogP contribution in [0.3, 0.4) is 0 Å². The third-order valence-electron chi connectivity index (χ3n) is 3.77. The lowest BCUT2D eigenvalue weighted by Gasteiger charge is -2.30. The average molecular weight is 282 g/mol. The topological polar surface area (TPSA) is 36.4 Å². The standard InChI is InChI=1S/C15H26N2OS/c1-10(2)9-17(13-7-5-6-8-13)15-16-11(3)14(19-15)12(4)18/h10,12-13,18H,5-9H2,1-4H3. The number of rotatable bonds is 5. The van der Waals surface area contributed by atoms with Crippen molar-refractivity contribution in [3.63, 3.8) is 0 Å². The molecule has 4 heteroatoms. The van der Waals surface area contributed by atoms with E-state index in [1.807, 2.05) is 13.8 Å². The van der Waals surface area contributed by atoms with Gasteiger partial charge in [-0.15, -0.1) is 0 Å². The molecule has 0 spiro atoms. The fraction of sp³-hybridized carbons (Fsp3) is 0.800. The van der Waals surface area contributed by atoms with Crippen LogP contribution >= 0.6 is 11.3 Å². The molecule has 1 aliphatic rings. The Morgan fingerprint density at radius 3 is 2.42 bits per heavy atom. The van der Waals surface area contributed by atoms with Crippen LogP contribution in [0.25, 0.3) is 0 Å². The quantitative estimate of drug-likeness (QED) is 0.889. The summed E-state index contributed by atoms with van der Waals surface area (Å²) in [7, 11) is 0. The molecule has 0 amide bonds. The molecule has 0 saturated heterocycles. The van der Waals surface area contributed by atoms with Crippen LogP contribution in [0.5, 0.6) is 0 Å². The van der Waals surface area contributed by atoms with E-state index in [9.17, 15) is 5.11 Å². The molecule has 1 saturated carbocycles. The lowest BCUT2D eigenvalue weighted by atomic mass is 10.1. The van der Waals surface area contributed by atoms with Crippen LogP contribution in [0.1, 0.15) is 63.1 Å². The van der Waals surface area contributed by atoms with E-state index in [2.05, 4.69) is 18.7 Å². The Balaban J connectivity index is 2.24. The van der Waals surface area contributed by atoms with E-state index < -0.39 is 6.10 Å².